The molecule has 25 heavy (non-hydrogen) atoms. The van der Waals surface area contributed by atoms with Gasteiger partial charge in [-0.15, -0.1) is 11.8 Å². The number of rotatable bonds is 7. The summed E-state index contributed by atoms with van der Waals surface area (Å²) in [5.74, 6) is 0.586. The lowest BCUT2D eigenvalue weighted by molar-refractivity contribution is -0.121. The third-order valence-electron chi connectivity index (χ3n) is 3.68. The number of carbonyl (C=O) groups excluding carboxylic acids is 1. The first-order valence-corrected chi connectivity index (χ1v) is 10.0. The molecule has 0 aromatic heterocycles. The molecule has 0 bridgehead atoms. The van der Waals surface area contributed by atoms with Crippen LogP contribution < -0.4 is 16.2 Å². The molecule has 1 saturated heterocycles. The van der Waals surface area contributed by atoms with Gasteiger partial charge in [0.25, 0.3) is 0 Å². The Bertz CT molecular complexity index is 684. The van der Waals surface area contributed by atoms with Crippen LogP contribution in [-0.2, 0) is 17.0 Å². The first-order valence-electron chi connectivity index (χ1n) is 8.05. The van der Waals surface area contributed by atoms with E-state index < -0.39 is 0 Å². The van der Waals surface area contributed by atoms with E-state index in [-0.39, 0.29) is 21.9 Å². The van der Waals surface area contributed by atoms with Crippen LogP contribution in [0.4, 0.5) is 4.39 Å². The number of benzene rings is 2. The van der Waals surface area contributed by atoms with E-state index in [1.165, 1.54) is 12.1 Å². The lowest BCUT2D eigenvalue weighted by Gasteiger charge is -2.11. The van der Waals surface area contributed by atoms with Gasteiger partial charge in [0, 0.05) is 12.2 Å². The molecule has 1 aliphatic heterocycles. The van der Waals surface area contributed by atoms with Crippen molar-refractivity contribution >= 4 is 29.4 Å². The molecule has 1 fully saturated rings. The average Bonchev–Trinajstić information content (AvgIpc) is 3.08. The molecule has 2 atom stereocenters. The smallest absolute Gasteiger partial charge is 0.222 e. The van der Waals surface area contributed by atoms with Crippen molar-refractivity contribution in [1.82, 2.24) is 16.2 Å². The summed E-state index contributed by atoms with van der Waals surface area (Å²) in [6.07, 6.45) is 1.20. The zero-order valence-corrected chi connectivity index (χ0v) is 15.2. The molecule has 0 saturated carbocycles. The second-order valence-electron chi connectivity index (χ2n) is 5.63. The molecule has 2 aromatic carbocycles. The highest BCUT2D eigenvalue weighted by molar-refractivity contribution is 8.17. The molecule has 0 radical (unpaired) electrons. The first-order chi connectivity index (χ1) is 12.2. The van der Waals surface area contributed by atoms with Gasteiger partial charge in [-0.25, -0.2) is 15.2 Å². The van der Waals surface area contributed by atoms with Gasteiger partial charge in [-0.05, 0) is 29.7 Å². The highest BCUT2D eigenvalue weighted by Crippen LogP contribution is 2.29. The molecule has 1 amide bonds. The van der Waals surface area contributed by atoms with E-state index in [1.807, 2.05) is 30.3 Å². The van der Waals surface area contributed by atoms with Crippen molar-refractivity contribution in [3.8, 4) is 0 Å². The first kappa shape index (κ1) is 18.3. The third-order valence-corrected chi connectivity index (χ3v) is 6.22. The van der Waals surface area contributed by atoms with E-state index in [0.717, 1.165) is 23.3 Å². The largest absolute Gasteiger partial charge is 0.331 e. The minimum atomic E-state index is -0.220. The third kappa shape index (κ3) is 6.04. The van der Waals surface area contributed by atoms with Gasteiger partial charge >= 0.3 is 0 Å². The molecule has 7 heteroatoms. The van der Waals surface area contributed by atoms with Crippen molar-refractivity contribution < 1.29 is 9.18 Å². The van der Waals surface area contributed by atoms with E-state index in [0.29, 0.717) is 6.42 Å². The predicted octanol–water partition coefficient (Wildman–Crippen LogP) is 3.22. The van der Waals surface area contributed by atoms with Crippen molar-refractivity contribution in [2.75, 3.05) is 0 Å². The molecule has 2 aromatic rings. The number of hydrazine groups is 1. The minimum Gasteiger partial charge on any atom is -0.331 e. The zero-order chi connectivity index (χ0) is 17.5. The summed E-state index contributed by atoms with van der Waals surface area (Å²) in [6, 6.07) is 16.5. The molecule has 3 rings (SSSR count). The van der Waals surface area contributed by atoms with Crippen molar-refractivity contribution in [2.24, 2.45) is 0 Å². The van der Waals surface area contributed by atoms with Crippen LogP contribution in [0.5, 0.6) is 0 Å². The van der Waals surface area contributed by atoms with Crippen LogP contribution in [0.3, 0.4) is 0 Å². The number of thioether (sulfide) groups is 2. The number of amides is 1. The molecule has 0 spiro atoms. The highest BCUT2D eigenvalue weighted by Gasteiger charge is 2.25. The summed E-state index contributed by atoms with van der Waals surface area (Å²) < 4.78 is 13.0. The van der Waals surface area contributed by atoms with Gasteiger partial charge in [-0.1, -0.05) is 54.2 Å². The Morgan fingerprint density at radius 1 is 1.08 bits per heavy atom. The average molecular weight is 378 g/mol. The van der Waals surface area contributed by atoms with Crippen LogP contribution in [0.15, 0.2) is 54.6 Å². The molecular weight excluding hydrogens is 357 g/mol. The van der Waals surface area contributed by atoms with Gasteiger partial charge in [0.1, 0.15) is 16.0 Å². The van der Waals surface area contributed by atoms with Crippen molar-refractivity contribution in [3.63, 3.8) is 0 Å². The maximum absolute atomic E-state index is 12.9. The molecule has 132 valence electrons. The van der Waals surface area contributed by atoms with E-state index in [1.54, 1.807) is 35.7 Å². The highest BCUT2D eigenvalue weighted by atomic mass is 32.2. The summed E-state index contributed by atoms with van der Waals surface area (Å²) in [4.78, 5) is 12.1. The molecule has 0 aliphatic carbocycles. The van der Waals surface area contributed by atoms with Crippen molar-refractivity contribution in [1.29, 1.82) is 0 Å². The van der Waals surface area contributed by atoms with Crippen LogP contribution in [0.2, 0.25) is 0 Å². The number of carbonyl (C=O) groups is 1. The molecule has 1 aliphatic rings. The van der Waals surface area contributed by atoms with E-state index in [4.69, 9.17) is 0 Å². The Balaban J connectivity index is 1.36. The summed E-state index contributed by atoms with van der Waals surface area (Å²) in [7, 11) is 0. The number of hydrogen-bond donors (Lipinski definition) is 3. The van der Waals surface area contributed by atoms with Gasteiger partial charge < -0.3 is 5.32 Å². The zero-order valence-electron chi connectivity index (χ0n) is 13.6. The van der Waals surface area contributed by atoms with Gasteiger partial charge in [-0.3, -0.25) is 4.79 Å². The van der Waals surface area contributed by atoms with Crippen LogP contribution in [-0.4, -0.2) is 16.1 Å². The maximum atomic E-state index is 12.9. The lowest BCUT2D eigenvalue weighted by Crippen LogP contribution is -2.43. The Hall–Kier alpha value is -1.54. The Morgan fingerprint density at radius 3 is 2.60 bits per heavy atom. The fraction of sp³-hybridized carbons (Fsp3) is 0.278. The molecule has 1 heterocycles. The minimum absolute atomic E-state index is 0.0276. The molecule has 2 unspecified atom stereocenters. The van der Waals surface area contributed by atoms with Crippen LogP contribution in [0.1, 0.15) is 17.5 Å². The summed E-state index contributed by atoms with van der Waals surface area (Å²) in [5.41, 5.74) is 8.33. The number of nitrogens with one attached hydrogen (secondary N) is 3. The van der Waals surface area contributed by atoms with Crippen LogP contribution in [0.25, 0.3) is 0 Å². The standard InChI is InChI=1S/C18H20FN3OS2/c19-15-9-6-14(7-10-15)12-24-18-22-21-17(25-18)20-16(23)11-8-13-4-2-1-3-5-13/h1-7,9-10,17-18,21-22H,8,11-12H2,(H,20,23). The van der Waals surface area contributed by atoms with Crippen molar-refractivity contribution in [2.45, 2.75) is 28.8 Å². The van der Waals surface area contributed by atoms with E-state index in [2.05, 4.69) is 16.2 Å². The van der Waals surface area contributed by atoms with Crippen molar-refractivity contribution in [3.05, 3.63) is 71.5 Å². The second kappa shape index (κ2) is 9.24. The van der Waals surface area contributed by atoms with Gasteiger partial charge in [0.2, 0.25) is 5.91 Å². The number of hydrogen-bond acceptors (Lipinski definition) is 5. The van der Waals surface area contributed by atoms with Gasteiger partial charge in [-0.2, -0.15) is 0 Å². The normalized spacial score (nSPS) is 19.7. The monoisotopic (exact) mass is 377 g/mol. The lowest BCUT2D eigenvalue weighted by atomic mass is 10.1. The second-order valence-corrected chi connectivity index (χ2v) is 8.23. The summed E-state index contributed by atoms with van der Waals surface area (Å²) >= 11 is 3.32. The Kier molecular flexibility index (Phi) is 6.75. The van der Waals surface area contributed by atoms with Crippen LogP contribution in [0, 0.1) is 5.82 Å². The van der Waals surface area contributed by atoms with E-state index >= 15 is 0 Å². The maximum Gasteiger partial charge on any atom is 0.222 e. The van der Waals surface area contributed by atoms with E-state index in [9.17, 15) is 9.18 Å². The fourth-order valence-corrected chi connectivity index (χ4v) is 4.62. The quantitative estimate of drug-likeness (QED) is 0.692. The SMILES string of the molecule is O=C(CCc1ccccc1)NC1NNC(SCc2ccc(F)cc2)S1. The van der Waals surface area contributed by atoms with Gasteiger partial charge in [0.15, 0.2) is 0 Å². The summed E-state index contributed by atoms with van der Waals surface area (Å²) in [5, 5.41) is 2.97. The molecular formula is C18H20FN3OS2. The summed E-state index contributed by atoms with van der Waals surface area (Å²) in [6.45, 7) is 0. The topological polar surface area (TPSA) is 53.2 Å². The Morgan fingerprint density at radius 2 is 1.84 bits per heavy atom. The van der Waals surface area contributed by atoms with Crippen LogP contribution >= 0.6 is 23.5 Å². The number of halogens is 1. The Labute approximate surface area is 155 Å². The molecule has 3 N–H and O–H groups in total. The number of aryl methyl sites for hydroxylation is 1. The molecule has 4 nitrogen and oxygen atoms in total. The fourth-order valence-electron chi connectivity index (χ4n) is 2.36. The predicted molar refractivity (Wildman–Crippen MR) is 102 cm³/mol. The van der Waals surface area contributed by atoms with Gasteiger partial charge in [0.05, 0.1) is 0 Å².